The molecule has 0 aliphatic carbocycles. The van der Waals surface area contributed by atoms with Crippen LogP contribution in [0.3, 0.4) is 0 Å². The number of hydrogen-bond acceptors (Lipinski definition) is 8. The Balaban J connectivity index is 1.34. The number of thiophene rings is 1. The van der Waals surface area contributed by atoms with E-state index in [4.69, 9.17) is 16.0 Å². The Morgan fingerprint density at radius 3 is 2.69 bits per heavy atom. The van der Waals surface area contributed by atoms with E-state index in [9.17, 15) is 13.2 Å². The summed E-state index contributed by atoms with van der Waals surface area (Å²) in [6.45, 7) is 1.57. The van der Waals surface area contributed by atoms with Crippen molar-refractivity contribution in [2.24, 2.45) is 0 Å². The van der Waals surface area contributed by atoms with Gasteiger partial charge < -0.3 is 14.6 Å². The average molecular weight is 473 g/mol. The summed E-state index contributed by atoms with van der Waals surface area (Å²) < 4.78 is 32.6. The van der Waals surface area contributed by atoms with Crippen LogP contribution < -0.4 is 5.32 Å². The van der Waals surface area contributed by atoms with Crippen molar-refractivity contribution >= 4 is 55.3 Å². The van der Waals surface area contributed by atoms with Crippen molar-refractivity contribution in [1.82, 2.24) is 14.2 Å². The summed E-state index contributed by atoms with van der Waals surface area (Å²) in [5.74, 6) is 0.570. The van der Waals surface area contributed by atoms with Crippen molar-refractivity contribution in [3.05, 3.63) is 51.7 Å². The summed E-state index contributed by atoms with van der Waals surface area (Å²) >= 11 is 8.23. The van der Waals surface area contributed by atoms with E-state index < -0.39 is 10.0 Å². The number of nitrogens with one attached hydrogen (secondary N) is 1. The molecule has 1 aliphatic heterocycles. The van der Waals surface area contributed by atoms with Gasteiger partial charge in [0.15, 0.2) is 5.13 Å². The number of hydrogen-bond donors (Lipinski definition) is 1. The van der Waals surface area contributed by atoms with Gasteiger partial charge in [-0.05, 0) is 24.3 Å². The number of sulfonamides is 1. The highest BCUT2D eigenvalue weighted by Crippen LogP contribution is 2.29. The number of halogens is 1. The van der Waals surface area contributed by atoms with Gasteiger partial charge >= 0.3 is 0 Å². The van der Waals surface area contributed by atoms with Gasteiger partial charge in [0.25, 0.3) is 15.9 Å². The monoisotopic (exact) mass is 472 g/mol. The zero-order chi connectivity index (χ0) is 20.4. The van der Waals surface area contributed by atoms with E-state index in [0.717, 1.165) is 17.1 Å². The number of carbonyl (C=O) groups excluding carboxylic acids is 1. The molecule has 29 heavy (non-hydrogen) atoms. The number of furan rings is 1. The lowest BCUT2D eigenvalue weighted by Crippen LogP contribution is -2.50. The number of aromatic nitrogens is 1. The van der Waals surface area contributed by atoms with Crippen molar-refractivity contribution in [2.45, 2.75) is 10.8 Å². The number of anilines is 1. The first-order chi connectivity index (χ1) is 13.9. The lowest BCUT2D eigenvalue weighted by Gasteiger charge is -2.33. The molecule has 1 aliphatic rings. The van der Waals surface area contributed by atoms with E-state index in [1.54, 1.807) is 28.7 Å². The van der Waals surface area contributed by atoms with Gasteiger partial charge in [0.1, 0.15) is 15.7 Å². The lowest BCUT2D eigenvalue weighted by molar-refractivity contribution is 0.0693. The Labute approximate surface area is 180 Å². The zero-order valence-corrected chi connectivity index (χ0v) is 18.3. The van der Waals surface area contributed by atoms with Crippen molar-refractivity contribution < 1.29 is 17.6 Å². The van der Waals surface area contributed by atoms with Gasteiger partial charge in [0, 0.05) is 31.6 Å². The summed E-state index contributed by atoms with van der Waals surface area (Å²) in [7, 11) is -3.58. The number of nitrogens with zero attached hydrogens (tertiary/aromatic N) is 3. The molecule has 1 amide bonds. The molecular formula is C17H17ClN4O4S3. The summed E-state index contributed by atoms with van der Waals surface area (Å²) in [5, 5.41) is 5.44. The largest absolute Gasteiger partial charge is 0.467 e. The fraction of sp³-hybridized carbons (Fsp3) is 0.294. The van der Waals surface area contributed by atoms with Crippen molar-refractivity contribution in [1.29, 1.82) is 0 Å². The minimum atomic E-state index is -3.58. The SMILES string of the molecule is O=C(c1csc(NCc2ccco2)n1)N1CCN(S(=O)(=O)c2ccc(Cl)s2)CC1. The Kier molecular flexibility index (Phi) is 5.93. The van der Waals surface area contributed by atoms with Crippen LogP contribution in [0.1, 0.15) is 16.2 Å². The number of rotatable bonds is 6. The molecule has 154 valence electrons. The first kappa shape index (κ1) is 20.4. The second-order valence-corrected chi connectivity index (χ2v) is 11.0. The maximum Gasteiger partial charge on any atom is 0.273 e. The molecule has 0 radical (unpaired) electrons. The quantitative estimate of drug-likeness (QED) is 0.591. The van der Waals surface area contributed by atoms with Gasteiger partial charge in [-0.15, -0.1) is 22.7 Å². The van der Waals surface area contributed by atoms with Gasteiger partial charge in [-0.2, -0.15) is 4.31 Å². The van der Waals surface area contributed by atoms with Gasteiger partial charge in [-0.1, -0.05) is 11.6 Å². The molecule has 0 unspecified atom stereocenters. The predicted molar refractivity (Wildman–Crippen MR) is 112 cm³/mol. The van der Waals surface area contributed by atoms with Gasteiger partial charge in [-0.3, -0.25) is 4.79 Å². The van der Waals surface area contributed by atoms with Crippen molar-refractivity contribution in [3.8, 4) is 0 Å². The van der Waals surface area contributed by atoms with E-state index in [2.05, 4.69) is 10.3 Å². The minimum absolute atomic E-state index is 0.205. The van der Waals surface area contributed by atoms with E-state index in [1.807, 2.05) is 6.07 Å². The molecule has 3 aromatic rings. The van der Waals surface area contributed by atoms with E-state index in [0.29, 0.717) is 34.8 Å². The Morgan fingerprint density at radius 1 is 1.24 bits per heavy atom. The van der Waals surface area contributed by atoms with E-state index in [-0.39, 0.29) is 23.2 Å². The molecular weight excluding hydrogens is 456 g/mol. The van der Waals surface area contributed by atoms with E-state index >= 15 is 0 Å². The topological polar surface area (TPSA) is 95.8 Å². The molecule has 1 fully saturated rings. The summed E-state index contributed by atoms with van der Waals surface area (Å²) in [6, 6.07) is 6.73. The van der Waals surface area contributed by atoms with Crippen LogP contribution in [0.15, 0.2) is 44.5 Å². The van der Waals surface area contributed by atoms with Crippen molar-refractivity contribution in [3.63, 3.8) is 0 Å². The summed E-state index contributed by atoms with van der Waals surface area (Å²) in [6.07, 6.45) is 1.60. The number of piperazine rings is 1. The molecule has 0 aromatic carbocycles. The number of thiazole rings is 1. The second kappa shape index (κ2) is 8.44. The highest BCUT2D eigenvalue weighted by molar-refractivity contribution is 7.91. The third kappa shape index (κ3) is 4.48. The first-order valence-corrected chi connectivity index (χ1v) is 12.2. The molecule has 0 bridgehead atoms. The number of carbonyl (C=O) groups is 1. The molecule has 12 heteroatoms. The summed E-state index contributed by atoms with van der Waals surface area (Å²) in [4.78, 5) is 18.7. The third-order valence-corrected chi connectivity index (χ3v) is 8.78. The molecule has 0 spiro atoms. The smallest absolute Gasteiger partial charge is 0.273 e. The van der Waals surface area contributed by atoms with E-state index in [1.165, 1.54) is 21.7 Å². The van der Waals surface area contributed by atoms with Gasteiger partial charge in [-0.25, -0.2) is 13.4 Å². The van der Waals surface area contributed by atoms with Crippen LogP contribution in [0.5, 0.6) is 0 Å². The average Bonchev–Trinajstić information content (AvgIpc) is 3.47. The Hall–Kier alpha value is -1.92. The molecule has 3 aromatic heterocycles. The molecule has 0 atom stereocenters. The normalized spacial score (nSPS) is 15.6. The van der Waals surface area contributed by atoms with Crippen LogP contribution in [-0.2, 0) is 16.6 Å². The molecule has 0 saturated carbocycles. The van der Waals surface area contributed by atoms with Crippen LogP contribution in [0.2, 0.25) is 4.34 Å². The maximum atomic E-state index is 12.7. The fourth-order valence-corrected chi connectivity index (χ4v) is 6.63. The molecule has 4 rings (SSSR count). The Morgan fingerprint density at radius 2 is 2.03 bits per heavy atom. The minimum Gasteiger partial charge on any atom is -0.467 e. The van der Waals surface area contributed by atoms with Gasteiger partial charge in [0.05, 0.1) is 17.1 Å². The third-order valence-electron chi connectivity index (χ3n) is 4.39. The molecule has 1 saturated heterocycles. The highest BCUT2D eigenvalue weighted by atomic mass is 35.5. The first-order valence-electron chi connectivity index (χ1n) is 8.70. The van der Waals surface area contributed by atoms with Crippen LogP contribution in [0, 0.1) is 0 Å². The van der Waals surface area contributed by atoms with Crippen LogP contribution >= 0.6 is 34.3 Å². The fourth-order valence-electron chi connectivity index (χ4n) is 2.89. The van der Waals surface area contributed by atoms with Crippen molar-refractivity contribution in [2.75, 3.05) is 31.5 Å². The standard InChI is InChI=1S/C17H17ClN4O4S3/c18-14-3-4-15(28-14)29(24,25)22-7-5-21(6-8-22)16(23)13-11-27-17(20-13)19-10-12-2-1-9-26-12/h1-4,9,11H,5-8,10H2,(H,19,20). The highest BCUT2D eigenvalue weighted by Gasteiger charge is 2.32. The molecule has 1 N–H and O–H groups in total. The lowest BCUT2D eigenvalue weighted by atomic mass is 10.3. The predicted octanol–water partition coefficient (Wildman–Crippen LogP) is 3.21. The van der Waals surface area contributed by atoms with Crippen LogP contribution in [0.25, 0.3) is 0 Å². The zero-order valence-electron chi connectivity index (χ0n) is 15.1. The number of amides is 1. The molecule has 4 heterocycles. The second-order valence-electron chi connectivity index (χ2n) is 6.23. The summed E-state index contributed by atoms with van der Waals surface area (Å²) in [5.41, 5.74) is 0.346. The maximum absolute atomic E-state index is 12.7. The van der Waals surface area contributed by atoms with Crippen LogP contribution in [-0.4, -0.2) is 54.7 Å². The Bertz CT molecular complexity index is 1090. The van der Waals surface area contributed by atoms with Gasteiger partial charge in [0.2, 0.25) is 0 Å². The van der Waals surface area contributed by atoms with Crippen LogP contribution in [0.4, 0.5) is 5.13 Å². The molecule has 8 nitrogen and oxygen atoms in total.